The zero-order valence-corrected chi connectivity index (χ0v) is 16.4. The minimum atomic E-state index is -0.166. The number of rotatable bonds is 8. The molecule has 3 N–H and O–H groups in total. The summed E-state index contributed by atoms with van der Waals surface area (Å²) in [5, 5.41) is 11.3. The quantitative estimate of drug-likeness (QED) is 0.312. The maximum absolute atomic E-state index is 12.0. The maximum atomic E-state index is 12.0. The summed E-state index contributed by atoms with van der Waals surface area (Å²) in [4.78, 5) is 20.0. The zero-order chi connectivity index (χ0) is 20.3. The van der Waals surface area contributed by atoms with E-state index < -0.39 is 0 Å². The third-order valence-electron chi connectivity index (χ3n) is 4.19. The molecule has 0 bridgehead atoms. The standard InChI is InChI=1S/C22H25N5O2/c1-23-22(26-16-21(28)27-19-8-4-11-24-15-19)25-12-5-13-29-20-10-9-17-6-2-3-7-18(17)14-20/h2-4,6-11,14-15H,5,12-13,16H2,1H3,(H,27,28)(H2,23,25,26). The van der Waals surface area contributed by atoms with Crippen molar-refractivity contribution in [2.75, 3.05) is 32.1 Å². The van der Waals surface area contributed by atoms with E-state index in [9.17, 15) is 4.79 Å². The van der Waals surface area contributed by atoms with Gasteiger partial charge in [-0.05, 0) is 41.5 Å². The summed E-state index contributed by atoms with van der Waals surface area (Å²) >= 11 is 0. The largest absolute Gasteiger partial charge is 0.494 e. The van der Waals surface area contributed by atoms with Crippen LogP contribution in [0.1, 0.15) is 6.42 Å². The molecule has 7 nitrogen and oxygen atoms in total. The van der Waals surface area contributed by atoms with Crippen molar-refractivity contribution < 1.29 is 9.53 Å². The number of carbonyl (C=O) groups excluding carboxylic acids is 1. The van der Waals surface area contributed by atoms with Gasteiger partial charge in [-0.2, -0.15) is 0 Å². The molecule has 150 valence electrons. The molecule has 0 unspecified atom stereocenters. The molecule has 3 rings (SSSR count). The summed E-state index contributed by atoms with van der Waals surface area (Å²) in [5.74, 6) is 1.26. The predicted octanol–water partition coefficient (Wildman–Crippen LogP) is 2.81. The van der Waals surface area contributed by atoms with Crippen LogP contribution in [0.25, 0.3) is 10.8 Å². The average Bonchev–Trinajstić information content (AvgIpc) is 2.76. The molecule has 0 radical (unpaired) electrons. The Balaban J connectivity index is 1.33. The molecular formula is C22H25N5O2. The van der Waals surface area contributed by atoms with Crippen LogP contribution in [0.15, 0.2) is 72.0 Å². The molecule has 7 heteroatoms. The van der Waals surface area contributed by atoms with Crippen molar-refractivity contribution in [1.29, 1.82) is 0 Å². The minimum absolute atomic E-state index is 0.113. The molecule has 0 atom stereocenters. The van der Waals surface area contributed by atoms with Crippen LogP contribution in [0.2, 0.25) is 0 Å². The van der Waals surface area contributed by atoms with Crippen molar-refractivity contribution in [3.8, 4) is 5.75 Å². The second-order valence-corrected chi connectivity index (χ2v) is 6.35. The number of carbonyl (C=O) groups is 1. The van der Waals surface area contributed by atoms with Crippen LogP contribution < -0.4 is 20.7 Å². The number of ether oxygens (including phenoxy) is 1. The first kappa shape index (κ1) is 20.1. The van der Waals surface area contributed by atoms with Crippen molar-refractivity contribution in [1.82, 2.24) is 15.6 Å². The van der Waals surface area contributed by atoms with Gasteiger partial charge in [0.15, 0.2) is 5.96 Å². The van der Waals surface area contributed by atoms with Crippen LogP contribution in [0.3, 0.4) is 0 Å². The Kier molecular flexibility index (Phi) is 7.40. The number of hydrogen-bond donors (Lipinski definition) is 3. The van der Waals surface area contributed by atoms with E-state index in [4.69, 9.17) is 4.74 Å². The molecule has 29 heavy (non-hydrogen) atoms. The highest BCUT2D eigenvalue weighted by atomic mass is 16.5. The van der Waals surface area contributed by atoms with E-state index in [2.05, 4.69) is 44.1 Å². The predicted molar refractivity (Wildman–Crippen MR) is 116 cm³/mol. The lowest BCUT2D eigenvalue weighted by Crippen LogP contribution is -2.41. The fraction of sp³-hybridized carbons (Fsp3) is 0.227. The van der Waals surface area contributed by atoms with Gasteiger partial charge in [0.05, 0.1) is 25.0 Å². The van der Waals surface area contributed by atoms with Gasteiger partial charge in [0, 0.05) is 19.8 Å². The Morgan fingerprint density at radius 1 is 1.07 bits per heavy atom. The summed E-state index contributed by atoms with van der Waals surface area (Å²) in [6.07, 6.45) is 4.05. The molecular weight excluding hydrogens is 366 g/mol. The summed E-state index contributed by atoms with van der Waals surface area (Å²) in [5.41, 5.74) is 0.660. The number of guanidine groups is 1. The van der Waals surface area contributed by atoms with Gasteiger partial charge in [0.1, 0.15) is 5.75 Å². The van der Waals surface area contributed by atoms with Crippen LogP contribution in [-0.2, 0) is 4.79 Å². The van der Waals surface area contributed by atoms with E-state index >= 15 is 0 Å². The molecule has 2 aromatic carbocycles. The van der Waals surface area contributed by atoms with Crippen LogP contribution in [0.5, 0.6) is 5.75 Å². The minimum Gasteiger partial charge on any atom is -0.494 e. The first-order valence-electron chi connectivity index (χ1n) is 9.50. The first-order valence-corrected chi connectivity index (χ1v) is 9.50. The van der Waals surface area contributed by atoms with E-state index in [0.29, 0.717) is 24.8 Å². The third-order valence-corrected chi connectivity index (χ3v) is 4.19. The fourth-order valence-electron chi connectivity index (χ4n) is 2.75. The van der Waals surface area contributed by atoms with E-state index in [1.807, 2.05) is 24.3 Å². The van der Waals surface area contributed by atoms with Gasteiger partial charge < -0.3 is 20.7 Å². The van der Waals surface area contributed by atoms with Crippen molar-refractivity contribution in [2.24, 2.45) is 4.99 Å². The highest BCUT2D eigenvalue weighted by Gasteiger charge is 2.04. The summed E-state index contributed by atoms with van der Waals surface area (Å²) in [6, 6.07) is 17.8. The molecule has 1 amide bonds. The van der Waals surface area contributed by atoms with Crippen LogP contribution >= 0.6 is 0 Å². The van der Waals surface area contributed by atoms with E-state index in [1.165, 1.54) is 5.39 Å². The fourth-order valence-corrected chi connectivity index (χ4v) is 2.75. The molecule has 0 aliphatic rings. The molecule has 3 aromatic rings. The highest BCUT2D eigenvalue weighted by molar-refractivity contribution is 5.94. The Morgan fingerprint density at radius 2 is 1.93 bits per heavy atom. The van der Waals surface area contributed by atoms with Gasteiger partial charge in [0.2, 0.25) is 5.91 Å². The van der Waals surface area contributed by atoms with Crippen LogP contribution in [0.4, 0.5) is 5.69 Å². The topological polar surface area (TPSA) is 87.6 Å². The third kappa shape index (κ3) is 6.49. The number of aromatic nitrogens is 1. The van der Waals surface area contributed by atoms with Gasteiger partial charge in [-0.3, -0.25) is 14.8 Å². The van der Waals surface area contributed by atoms with Gasteiger partial charge in [-0.25, -0.2) is 0 Å². The van der Waals surface area contributed by atoms with E-state index in [-0.39, 0.29) is 12.5 Å². The number of amides is 1. The Bertz CT molecular complexity index is 960. The smallest absolute Gasteiger partial charge is 0.243 e. The van der Waals surface area contributed by atoms with Gasteiger partial charge >= 0.3 is 0 Å². The van der Waals surface area contributed by atoms with Crippen molar-refractivity contribution in [3.63, 3.8) is 0 Å². The highest BCUT2D eigenvalue weighted by Crippen LogP contribution is 2.20. The zero-order valence-electron chi connectivity index (χ0n) is 16.4. The number of anilines is 1. The Labute approximate surface area is 170 Å². The molecule has 0 spiro atoms. The Hall–Kier alpha value is -3.61. The summed E-state index contributed by atoms with van der Waals surface area (Å²) in [7, 11) is 1.67. The number of pyridine rings is 1. The van der Waals surface area contributed by atoms with Crippen molar-refractivity contribution in [3.05, 3.63) is 67.0 Å². The number of nitrogens with one attached hydrogen (secondary N) is 3. The molecule has 0 fully saturated rings. The lowest BCUT2D eigenvalue weighted by atomic mass is 10.1. The summed E-state index contributed by atoms with van der Waals surface area (Å²) < 4.78 is 5.82. The second-order valence-electron chi connectivity index (χ2n) is 6.35. The van der Waals surface area contributed by atoms with Crippen LogP contribution in [0, 0.1) is 0 Å². The molecule has 1 aromatic heterocycles. The molecule has 0 aliphatic heterocycles. The number of fused-ring (bicyclic) bond motifs is 1. The van der Waals surface area contributed by atoms with Crippen molar-refractivity contribution >= 4 is 28.3 Å². The molecule has 0 saturated carbocycles. The monoisotopic (exact) mass is 391 g/mol. The normalized spacial score (nSPS) is 11.1. The number of benzene rings is 2. The first-order chi connectivity index (χ1) is 14.2. The lowest BCUT2D eigenvalue weighted by molar-refractivity contribution is -0.115. The van der Waals surface area contributed by atoms with E-state index in [1.54, 1.807) is 31.6 Å². The average molecular weight is 391 g/mol. The number of aliphatic imine (C=N–C) groups is 1. The Morgan fingerprint density at radius 3 is 2.72 bits per heavy atom. The molecule has 0 saturated heterocycles. The second kappa shape index (κ2) is 10.7. The number of hydrogen-bond acceptors (Lipinski definition) is 4. The lowest BCUT2D eigenvalue weighted by Gasteiger charge is -2.12. The molecule has 0 aliphatic carbocycles. The molecule has 1 heterocycles. The van der Waals surface area contributed by atoms with Gasteiger partial charge in [-0.1, -0.05) is 30.3 Å². The van der Waals surface area contributed by atoms with Crippen LogP contribution in [-0.4, -0.2) is 43.6 Å². The maximum Gasteiger partial charge on any atom is 0.243 e. The summed E-state index contributed by atoms with van der Waals surface area (Å²) in [6.45, 7) is 1.38. The van der Waals surface area contributed by atoms with Crippen molar-refractivity contribution in [2.45, 2.75) is 6.42 Å². The number of nitrogens with zero attached hydrogens (tertiary/aromatic N) is 2. The van der Waals surface area contributed by atoms with Gasteiger partial charge in [0.25, 0.3) is 0 Å². The van der Waals surface area contributed by atoms with E-state index in [0.717, 1.165) is 17.6 Å². The SMILES string of the molecule is CN=C(NCCCOc1ccc2ccccc2c1)NCC(=O)Nc1cccnc1. The van der Waals surface area contributed by atoms with Gasteiger partial charge in [-0.15, -0.1) is 0 Å².